The van der Waals surface area contributed by atoms with Crippen LogP contribution in [0.25, 0.3) is 0 Å². The number of pyridine rings is 2. The Morgan fingerprint density at radius 2 is 1.23 bits per heavy atom. The van der Waals surface area contributed by atoms with Crippen molar-refractivity contribution in [2.45, 2.75) is 51.6 Å². The molecule has 0 radical (unpaired) electrons. The summed E-state index contributed by atoms with van der Waals surface area (Å²) in [5, 5.41) is 5.91. The van der Waals surface area contributed by atoms with Gasteiger partial charge in [0, 0.05) is 36.4 Å². The minimum Gasteiger partial charge on any atom is -0.349 e. The number of H-pyrrole nitrogens is 2. The minimum absolute atomic E-state index is 0.175. The molecule has 1 aliphatic rings. The monoisotopic (exact) mass is 412 g/mol. The van der Waals surface area contributed by atoms with E-state index in [4.69, 9.17) is 0 Å². The van der Waals surface area contributed by atoms with Gasteiger partial charge in [0.15, 0.2) is 0 Å². The standard InChI is InChI=1S/C22H28N4O4/c1-13(15-7-9-23-19(27)11-15)25-21(29)17-5-3-4-6-18(17)22(30)26-14(2)16-8-10-24-20(28)12-16/h7-14,17-18H,3-6H2,1-2H3,(H,23,27)(H,24,28)(H,25,29)(H,26,30)/t13?,14?,17-,18-/m1/s1. The van der Waals surface area contributed by atoms with Gasteiger partial charge >= 0.3 is 0 Å². The normalized spacial score (nSPS) is 20.7. The van der Waals surface area contributed by atoms with E-state index in [-0.39, 0.29) is 35.0 Å². The zero-order chi connectivity index (χ0) is 21.7. The fourth-order valence-electron chi connectivity index (χ4n) is 4.03. The van der Waals surface area contributed by atoms with Crippen LogP contribution in [-0.4, -0.2) is 21.8 Å². The predicted molar refractivity (Wildman–Crippen MR) is 113 cm³/mol. The maximum Gasteiger partial charge on any atom is 0.248 e. The molecule has 8 nitrogen and oxygen atoms in total. The largest absolute Gasteiger partial charge is 0.349 e. The predicted octanol–water partition coefficient (Wildman–Crippen LogP) is 1.92. The highest BCUT2D eigenvalue weighted by Gasteiger charge is 2.36. The van der Waals surface area contributed by atoms with Crippen LogP contribution in [0.1, 0.15) is 62.7 Å². The zero-order valence-corrected chi connectivity index (χ0v) is 17.2. The number of hydrogen-bond acceptors (Lipinski definition) is 4. The summed E-state index contributed by atoms with van der Waals surface area (Å²) in [4.78, 5) is 54.1. The van der Waals surface area contributed by atoms with Gasteiger partial charge in [-0.05, 0) is 49.9 Å². The van der Waals surface area contributed by atoms with Crippen LogP contribution in [0.4, 0.5) is 0 Å². The van der Waals surface area contributed by atoms with Crippen molar-refractivity contribution in [2.75, 3.05) is 0 Å². The third-order valence-electron chi connectivity index (χ3n) is 5.76. The van der Waals surface area contributed by atoms with Crippen LogP contribution in [0.5, 0.6) is 0 Å². The second kappa shape index (κ2) is 9.56. The van der Waals surface area contributed by atoms with Crippen molar-refractivity contribution in [3.63, 3.8) is 0 Å². The van der Waals surface area contributed by atoms with Crippen LogP contribution >= 0.6 is 0 Å². The fourth-order valence-corrected chi connectivity index (χ4v) is 4.03. The Morgan fingerprint density at radius 1 is 0.833 bits per heavy atom. The van der Waals surface area contributed by atoms with Crippen molar-refractivity contribution in [1.82, 2.24) is 20.6 Å². The van der Waals surface area contributed by atoms with Gasteiger partial charge in [0.25, 0.3) is 0 Å². The van der Waals surface area contributed by atoms with E-state index >= 15 is 0 Å². The quantitative estimate of drug-likeness (QED) is 0.579. The van der Waals surface area contributed by atoms with Crippen molar-refractivity contribution >= 4 is 11.8 Å². The molecule has 2 aromatic rings. The first kappa shape index (κ1) is 21.5. The van der Waals surface area contributed by atoms with Gasteiger partial charge in [-0.2, -0.15) is 0 Å². The van der Waals surface area contributed by atoms with Gasteiger partial charge in [-0.15, -0.1) is 0 Å². The summed E-state index contributed by atoms with van der Waals surface area (Å²) in [6.45, 7) is 3.64. The van der Waals surface area contributed by atoms with E-state index in [0.29, 0.717) is 24.0 Å². The highest BCUT2D eigenvalue weighted by atomic mass is 16.2. The molecule has 0 aliphatic heterocycles. The summed E-state index contributed by atoms with van der Waals surface area (Å²) in [6, 6.07) is 5.75. The van der Waals surface area contributed by atoms with Gasteiger partial charge in [-0.3, -0.25) is 19.2 Å². The zero-order valence-electron chi connectivity index (χ0n) is 17.2. The first-order chi connectivity index (χ1) is 14.3. The third kappa shape index (κ3) is 5.25. The molecular formula is C22H28N4O4. The lowest BCUT2D eigenvalue weighted by Crippen LogP contribution is -2.44. The van der Waals surface area contributed by atoms with Crippen molar-refractivity contribution in [2.24, 2.45) is 11.8 Å². The van der Waals surface area contributed by atoms with E-state index in [1.54, 1.807) is 24.5 Å². The van der Waals surface area contributed by atoms with E-state index < -0.39 is 11.8 Å². The highest BCUT2D eigenvalue weighted by molar-refractivity contribution is 5.88. The molecule has 0 spiro atoms. The molecule has 1 aliphatic carbocycles. The number of aromatic nitrogens is 2. The molecular weight excluding hydrogens is 384 g/mol. The molecule has 4 N–H and O–H groups in total. The number of nitrogens with one attached hydrogen (secondary N) is 4. The Balaban J connectivity index is 1.67. The van der Waals surface area contributed by atoms with Crippen LogP contribution in [0, 0.1) is 11.8 Å². The summed E-state index contributed by atoms with van der Waals surface area (Å²) < 4.78 is 0. The van der Waals surface area contributed by atoms with Crippen LogP contribution in [0.15, 0.2) is 46.2 Å². The average Bonchev–Trinajstić information content (AvgIpc) is 2.73. The van der Waals surface area contributed by atoms with Crippen LogP contribution in [0.2, 0.25) is 0 Å². The Bertz CT molecular complexity index is 931. The summed E-state index contributed by atoms with van der Waals surface area (Å²) in [6.07, 6.45) is 6.17. The summed E-state index contributed by atoms with van der Waals surface area (Å²) in [5.41, 5.74) is 0.980. The molecule has 4 atom stereocenters. The number of carbonyl (C=O) groups excluding carboxylic acids is 2. The molecule has 8 heteroatoms. The van der Waals surface area contributed by atoms with Gasteiger partial charge < -0.3 is 20.6 Å². The number of hydrogen-bond donors (Lipinski definition) is 4. The Hall–Kier alpha value is -3.16. The lowest BCUT2D eigenvalue weighted by molar-refractivity contribution is -0.137. The van der Waals surface area contributed by atoms with Crippen molar-refractivity contribution in [3.8, 4) is 0 Å². The Labute approximate surface area is 174 Å². The SMILES string of the molecule is CC(NC(=O)[C@@H]1CCCC[C@H]1C(=O)NC(C)c1cc[nH]c(=O)c1)c1cc[nH]c(=O)c1. The van der Waals surface area contributed by atoms with Crippen molar-refractivity contribution < 1.29 is 9.59 Å². The van der Waals surface area contributed by atoms with Gasteiger partial charge in [-0.25, -0.2) is 0 Å². The minimum atomic E-state index is -0.422. The van der Waals surface area contributed by atoms with Crippen LogP contribution in [0.3, 0.4) is 0 Å². The topological polar surface area (TPSA) is 124 Å². The van der Waals surface area contributed by atoms with E-state index in [0.717, 1.165) is 12.8 Å². The van der Waals surface area contributed by atoms with Crippen molar-refractivity contribution in [3.05, 3.63) is 68.5 Å². The van der Waals surface area contributed by atoms with Crippen molar-refractivity contribution in [1.29, 1.82) is 0 Å². The van der Waals surface area contributed by atoms with E-state index in [1.165, 1.54) is 12.1 Å². The summed E-state index contributed by atoms with van der Waals surface area (Å²) in [7, 11) is 0. The second-order valence-electron chi connectivity index (χ2n) is 7.93. The summed E-state index contributed by atoms with van der Waals surface area (Å²) in [5.74, 6) is -1.19. The first-order valence-corrected chi connectivity index (χ1v) is 10.3. The third-order valence-corrected chi connectivity index (χ3v) is 5.76. The summed E-state index contributed by atoms with van der Waals surface area (Å²) >= 11 is 0. The highest BCUT2D eigenvalue weighted by Crippen LogP contribution is 2.31. The van der Waals surface area contributed by atoms with Gasteiger partial charge in [0.05, 0.1) is 12.1 Å². The number of aromatic amines is 2. The lowest BCUT2D eigenvalue weighted by atomic mass is 9.77. The van der Waals surface area contributed by atoms with Crippen LogP contribution < -0.4 is 21.8 Å². The first-order valence-electron chi connectivity index (χ1n) is 10.3. The molecule has 160 valence electrons. The van der Waals surface area contributed by atoms with Gasteiger partial charge in [0.1, 0.15) is 0 Å². The van der Waals surface area contributed by atoms with Crippen LogP contribution in [-0.2, 0) is 9.59 Å². The smallest absolute Gasteiger partial charge is 0.248 e. The molecule has 2 amide bonds. The van der Waals surface area contributed by atoms with Gasteiger partial charge in [-0.1, -0.05) is 12.8 Å². The maximum absolute atomic E-state index is 13.0. The number of carbonyl (C=O) groups is 2. The molecule has 2 aromatic heterocycles. The molecule has 1 saturated carbocycles. The number of rotatable bonds is 6. The molecule has 1 fully saturated rings. The average molecular weight is 412 g/mol. The molecule has 2 heterocycles. The van der Waals surface area contributed by atoms with Gasteiger partial charge in [0.2, 0.25) is 22.9 Å². The second-order valence-corrected chi connectivity index (χ2v) is 7.93. The molecule has 30 heavy (non-hydrogen) atoms. The molecule has 0 aromatic carbocycles. The molecule has 3 rings (SSSR count). The molecule has 0 saturated heterocycles. The maximum atomic E-state index is 13.0. The lowest BCUT2D eigenvalue weighted by Gasteiger charge is -2.31. The Morgan fingerprint density at radius 3 is 1.60 bits per heavy atom. The fraction of sp³-hybridized carbons (Fsp3) is 0.455. The van der Waals surface area contributed by atoms with E-state index in [2.05, 4.69) is 20.6 Å². The van der Waals surface area contributed by atoms with E-state index in [9.17, 15) is 19.2 Å². The number of amides is 2. The van der Waals surface area contributed by atoms with E-state index in [1.807, 2.05) is 13.8 Å². The molecule has 0 bridgehead atoms. The molecule has 2 unspecified atom stereocenters. The Kier molecular flexibility index (Phi) is 6.87.